The molecule has 5 heteroatoms. The second-order valence-corrected chi connectivity index (χ2v) is 6.39. The van der Waals surface area contributed by atoms with E-state index in [9.17, 15) is 4.79 Å². The molecule has 3 aromatic rings. The van der Waals surface area contributed by atoms with Gasteiger partial charge in [0, 0.05) is 11.9 Å². The molecule has 2 heterocycles. The Bertz CT molecular complexity index is 851. The number of benzene rings is 1. The van der Waals surface area contributed by atoms with E-state index in [1.54, 1.807) is 24.3 Å². The lowest BCUT2D eigenvalue weighted by Gasteiger charge is -2.06. The van der Waals surface area contributed by atoms with E-state index in [0.717, 1.165) is 35.4 Å². The molecule has 0 spiro atoms. The Labute approximate surface area is 141 Å². The number of fused-ring (bicyclic) bond motifs is 1. The van der Waals surface area contributed by atoms with Gasteiger partial charge in [0.1, 0.15) is 5.52 Å². The van der Waals surface area contributed by atoms with Crippen molar-refractivity contribution >= 4 is 17.1 Å². The maximum atomic E-state index is 10.9. The molecule has 0 aliphatic rings. The predicted molar refractivity (Wildman–Crippen MR) is 93.6 cm³/mol. The maximum absolute atomic E-state index is 10.9. The number of carboxylic acids is 1. The lowest BCUT2D eigenvalue weighted by atomic mass is 10.1. The van der Waals surface area contributed by atoms with E-state index in [1.165, 1.54) is 6.42 Å². The number of carboxylic acid groups (broad SMARTS) is 1. The van der Waals surface area contributed by atoms with Crippen LogP contribution in [0.15, 0.2) is 42.7 Å². The number of carbonyl (C=O) groups is 1. The van der Waals surface area contributed by atoms with Crippen LogP contribution in [0.4, 0.5) is 0 Å². The number of rotatable bonds is 6. The van der Waals surface area contributed by atoms with Gasteiger partial charge in [0.2, 0.25) is 0 Å². The Hall–Kier alpha value is -2.69. The number of aromatic carboxylic acids is 1. The molecule has 1 aromatic carbocycles. The van der Waals surface area contributed by atoms with Gasteiger partial charge in [-0.3, -0.25) is 4.57 Å². The average molecular weight is 323 g/mol. The Kier molecular flexibility index (Phi) is 4.60. The first-order valence-electron chi connectivity index (χ1n) is 8.21. The van der Waals surface area contributed by atoms with Crippen LogP contribution < -0.4 is 0 Å². The summed E-state index contributed by atoms with van der Waals surface area (Å²) in [7, 11) is 0. The highest BCUT2D eigenvalue weighted by atomic mass is 16.4. The van der Waals surface area contributed by atoms with Crippen LogP contribution in [0.5, 0.6) is 0 Å². The van der Waals surface area contributed by atoms with Gasteiger partial charge >= 0.3 is 5.97 Å². The van der Waals surface area contributed by atoms with Crippen LogP contribution >= 0.6 is 0 Å². The molecule has 0 unspecified atom stereocenters. The molecule has 124 valence electrons. The van der Waals surface area contributed by atoms with Gasteiger partial charge in [0.25, 0.3) is 0 Å². The zero-order valence-electron chi connectivity index (χ0n) is 13.9. The van der Waals surface area contributed by atoms with E-state index in [-0.39, 0.29) is 5.56 Å². The second kappa shape index (κ2) is 6.83. The quantitative estimate of drug-likeness (QED) is 0.741. The normalized spacial score (nSPS) is 11.3. The minimum absolute atomic E-state index is 0.272. The summed E-state index contributed by atoms with van der Waals surface area (Å²) >= 11 is 0. The highest BCUT2D eigenvalue weighted by Crippen LogP contribution is 2.19. The van der Waals surface area contributed by atoms with Crippen molar-refractivity contribution in [3.63, 3.8) is 0 Å². The molecule has 0 aliphatic carbocycles. The van der Waals surface area contributed by atoms with Crippen molar-refractivity contribution in [3.05, 3.63) is 54.0 Å². The molecule has 0 saturated carbocycles. The van der Waals surface area contributed by atoms with Crippen LogP contribution in [0.1, 0.15) is 42.7 Å². The summed E-state index contributed by atoms with van der Waals surface area (Å²) in [6, 6.07) is 8.69. The zero-order chi connectivity index (χ0) is 17.1. The molecule has 5 nitrogen and oxygen atoms in total. The highest BCUT2D eigenvalue weighted by Gasteiger charge is 2.08. The molecule has 2 aromatic heterocycles. The van der Waals surface area contributed by atoms with Gasteiger partial charge in [-0.05, 0) is 49.1 Å². The van der Waals surface area contributed by atoms with Crippen molar-refractivity contribution < 1.29 is 9.90 Å². The zero-order valence-corrected chi connectivity index (χ0v) is 13.9. The minimum Gasteiger partial charge on any atom is -0.478 e. The number of hydrogen-bond donors (Lipinski definition) is 1. The molecular formula is C19H21N3O2. The smallest absolute Gasteiger partial charge is 0.335 e. The van der Waals surface area contributed by atoms with Gasteiger partial charge in [-0.2, -0.15) is 0 Å². The molecule has 0 fully saturated rings. The first-order chi connectivity index (χ1) is 11.5. The van der Waals surface area contributed by atoms with Gasteiger partial charge in [0.15, 0.2) is 5.65 Å². The van der Waals surface area contributed by atoms with Gasteiger partial charge < -0.3 is 5.11 Å². The summed E-state index contributed by atoms with van der Waals surface area (Å²) < 4.78 is 1.92. The van der Waals surface area contributed by atoms with Crippen molar-refractivity contribution in [1.29, 1.82) is 0 Å². The SMILES string of the molecule is CC(C)CCCc1cnc2c(ccn2-c2ccc(C(=O)O)cc2)n1. The molecule has 0 atom stereocenters. The largest absolute Gasteiger partial charge is 0.478 e. The first-order valence-corrected chi connectivity index (χ1v) is 8.21. The average Bonchev–Trinajstić information content (AvgIpc) is 2.98. The fourth-order valence-corrected chi connectivity index (χ4v) is 2.73. The van der Waals surface area contributed by atoms with Crippen LogP contribution in [-0.2, 0) is 6.42 Å². The molecule has 24 heavy (non-hydrogen) atoms. The topological polar surface area (TPSA) is 68.0 Å². The van der Waals surface area contributed by atoms with E-state index in [0.29, 0.717) is 5.92 Å². The van der Waals surface area contributed by atoms with Crippen LogP contribution in [-0.4, -0.2) is 25.6 Å². The lowest BCUT2D eigenvalue weighted by molar-refractivity contribution is 0.0697. The summed E-state index contributed by atoms with van der Waals surface area (Å²) in [5.74, 6) is -0.221. The summed E-state index contributed by atoms with van der Waals surface area (Å²) in [5.41, 5.74) is 3.80. The van der Waals surface area contributed by atoms with Gasteiger partial charge in [-0.1, -0.05) is 20.3 Å². The third-order valence-corrected chi connectivity index (χ3v) is 4.05. The monoisotopic (exact) mass is 323 g/mol. The maximum Gasteiger partial charge on any atom is 0.335 e. The number of nitrogens with zero attached hydrogens (tertiary/aromatic N) is 3. The Morgan fingerprint density at radius 1 is 1.21 bits per heavy atom. The van der Waals surface area contributed by atoms with E-state index >= 15 is 0 Å². The first kappa shape index (κ1) is 16.2. The standard InChI is InChI=1S/C19H21N3O2/c1-13(2)4-3-5-15-12-20-18-17(21-15)10-11-22(18)16-8-6-14(7-9-16)19(23)24/h6-13H,3-5H2,1-2H3,(H,23,24). The van der Waals surface area contributed by atoms with Gasteiger partial charge in [-0.25, -0.2) is 14.8 Å². The molecule has 0 amide bonds. The molecule has 0 radical (unpaired) electrons. The van der Waals surface area contributed by atoms with Crippen molar-refractivity contribution in [2.45, 2.75) is 33.1 Å². The van der Waals surface area contributed by atoms with E-state index in [4.69, 9.17) is 5.11 Å². The van der Waals surface area contributed by atoms with Crippen molar-refractivity contribution in [1.82, 2.24) is 14.5 Å². The second-order valence-electron chi connectivity index (χ2n) is 6.39. The van der Waals surface area contributed by atoms with Crippen molar-refractivity contribution in [2.75, 3.05) is 0 Å². The van der Waals surface area contributed by atoms with Crippen LogP contribution in [0.25, 0.3) is 16.9 Å². The summed E-state index contributed by atoms with van der Waals surface area (Å²) in [6.45, 7) is 4.45. The molecule has 0 saturated heterocycles. The third kappa shape index (κ3) is 3.45. The van der Waals surface area contributed by atoms with E-state index < -0.39 is 5.97 Å². The molecule has 0 aliphatic heterocycles. The predicted octanol–water partition coefficient (Wildman–Crippen LogP) is 4.10. The Balaban J connectivity index is 1.84. The Morgan fingerprint density at radius 2 is 1.96 bits per heavy atom. The number of aryl methyl sites for hydroxylation is 1. The lowest BCUT2D eigenvalue weighted by Crippen LogP contribution is -1.99. The summed E-state index contributed by atoms with van der Waals surface area (Å²) in [6.07, 6.45) is 7.01. The number of aromatic nitrogens is 3. The van der Waals surface area contributed by atoms with Gasteiger partial charge in [0.05, 0.1) is 17.5 Å². The third-order valence-electron chi connectivity index (χ3n) is 4.05. The van der Waals surface area contributed by atoms with Crippen LogP contribution in [0.2, 0.25) is 0 Å². The molecule has 3 rings (SSSR count). The Morgan fingerprint density at radius 3 is 2.62 bits per heavy atom. The van der Waals surface area contributed by atoms with Crippen molar-refractivity contribution in [2.24, 2.45) is 5.92 Å². The minimum atomic E-state index is -0.926. The summed E-state index contributed by atoms with van der Waals surface area (Å²) in [5, 5.41) is 8.98. The fraction of sp³-hybridized carbons (Fsp3) is 0.316. The van der Waals surface area contributed by atoms with Gasteiger partial charge in [-0.15, -0.1) is 0 Å². The molecular weight excluding hydrogens is 302 g/mol. The van der Waals surface area contributed by atoms with E-state index in [2.05, 4.69) is 23.8 Å². The summed E-state index contributed by atoms with van der Waals surface area (Å²) in [4.78, 5) is 20.2. The molecule has 0 bridgehead atoms. The van der Waals surface area contributed by atoms with E-state index in [1.807, 2.05) is 23.0 Å². The highest BCUT2D eigenvalue weighted by molar-refractivity contribution is 5.87. The number of hydrogen-bond acceptors (Lipinski definition) is 3. The fourth-order valence-electron chi connectivity index (χ4n) is 2.73. The molecule has 1 N–H and O–H groups in total. The van der Waals surface area contributed by atoms with Crippen LogP contribution in [0.3, 0.4) is 0 Å². The van der Waals surface area contributed by atoms with Crippen LogP contribution in [0, 0.1) is 5.92 Å². The van der Waals surface area contributed by atoms with Crippen molar-refractivity contribution in [3.8, 4) is 5.69 Å².